The fraction of sp³-hybridized carbons (Fsp3) is 0.400. The van der Waals surface area contributed by atoms with E-state index in [1.54, 1.807) is 0 Å². The van der Waals surface area contributed by atoms with Gasteiger partial charge in [-0.1, -0.05) is 17.7 Å². The minimum atomic E-state index is 0.384. The van der Waals surface area contributed by atoms with Crippen LogP contribution in [-0.4, -0.2) is 22.9 Å². The van der Waals surface area contributed by atoms with E-state index < -0.39 is 0 Å². The van der Waals surface area contributed by atoms with E-state index in [4.69, 9.17) is 16.3 Å². The minimum Gasteiger partial charge on any atom is -0.488 e. The molecule has 1 aliphatic rings. The zero-order valence-electron chi connectivity index (χ0n) is 11.7. The summed E-state index contributed by atoms with van der Waals surface area (Å²) in [6, 6.07) is 8.31. The minimum absolute atomic E-state index is 0.384. The molecule has 106 valence electrons. The molecule has 0 unspecified atom stereocenters. The number of aromatic nitrogens is 2. The molecule has 0 saturated heterocycles. The molecule has 1 aromatic carbocycles. The number of fused-ring (bicyclic) bond motifs is 1. The van der Waals surface area contributed by atoms with Crippen molar-refractivity contribution >= 4 is 17.3 Å². The molecular weight excluding hydrogens is 274 g/mol. The predicted octanol–water partition coefficient (Wildman–Crippen LogP) is 3.52. The Morgan fingerprint density at radius 1 is 1.35 bits per heavy atom. The number of para-hydroxylation sites is 1. The average Bonchev–Trinajstić information content (AvgIpc) is 2.89. The van der Waals surface area contributed by atoms with Crippen molar-refractivity contribution in [2.75, 3.05) is 18.1 Å². The number of halogens is 1. The molecule has 1 aliphatic heterocycles. The first-order valence-corrected chi connectivity index (χ1v) is 7.23. The number of hydrogen-bond donors (Lipinski definition) is 0. The maximum Gasteiger partial charge on any atom is 0.161 e. The van der Waals surface area contributed by atoms with Crippen LogP contribution in [-0.2, 0) is 6.54 Å². The normalized spacial score (nSPS) is 14.3. The van der Waals surface area contributed by atoms with Gasteiger partial charge in [-0.05, 0) is 32.0 Å². The van der Waals surface area contributed by atoms with Gasteiger partial charge in [0.1, 0.15) is 6.61 Å². The quantitative estimate of drug-likeness (QED) is 0.867. The lowest BCUT2D eigenvalue weighted by atomic mass is 10.2. The maximum atomic E-state index is 6.18. The second kappa shape index (κ2) is 5.37. The van der Waals surface area contributed by atoms with Crippen LogP contribution in [0.25, 0.3) is 0 Å². The van der Waals surface area contributed by atoms with Crippen LogP contribution >= 0.6 is 11.6 Å². The van der Waals surface area contributed by atoms with E-state index in [1.165, 1.54) is 0 Å². The Morgan fingerprint density at radius 3 is 2.95 bits per heavy atom. The van der Waals surface area contributed by atoms with Gasteiger partial charge in [0.15, 0.2) is 5.75 Å². The molecule has 0 fully saturated rings. The molecule has 4 nitrogen and oxygen atoms in total. The van der Waals surface area contributed by atoms with Crippen molar-refractivity contribution in [3.63, 3.8) is 0 Å². The van der Waals surface area contributed by atoms with Gasteiger partial charge in [0.25, 0.3) is 0 Å². The van der Waals surface area contributed by atoms with E-state index in [0.29, 0.717) is 17.7 Å². The zero-order valence-corrected chi connectivity index (χ0v) is 12.5. The lowest BCUT2D eigenvalue weighted by molar-refractivity contribution is 0.306. The van der Waals surface area contributed by atoms with Gasteiger partial charge in [0.05, 0.1) is 29.5 Å². The molecule has 0 amide bonds. The number of rotatable bonds is 3. The van der Waals surface area contributed by atoms with Crippen molar-refractivity contribution in [1.82, 2.24) is 9.78 Å². The molecule has 3 rings (SSSR count). The zero-order chi connectivity index (χ0) is 14.1. The van der Waals surface area contributed by atoms with Crippen molar-refractivity contribution in [3.05, 3.63) is 41.2 Å². The Kier molecular flexibility index (Phi) is 3.57. The largest absolute Gasteiger partial charge is 0.488 e. The third-order valence-corrected chi connectivity index (χ3v) is 3.74. The molecule has 0 N–H and O–H groups in total. The van der Waals surface area contributed by atoms with E-state index in [1.807, 2.05) is 29.1 Å². The average molecular weight is 292 g/mol. The van der Waals surface area contributed by atoms with Crippen LogP contribution < -0.4 is 9.64 Å². The van der Waals surface area contributed by atoms with Crippen LogP contribution in [0, 0.1) is 0 Å². The molecule has 5 heteroatoms. The highest BCUT2D eigenvalue weighted by molar-refractivity contribution is 6.32. The second-order valence-corrected chi connectivity index (χ2v) is 5.65. The molecule has 0 atom stereocenters. The van der Waals surface area contributed by atoms with E-state index in [2.05, 4.69) is 29.9 Å². The van der Waals surface area contributed by atoms with Crippen LogP contribution in [0.1, 0.15) is 25.6 Å². The summed E-state index contributed by atoms with van der Waals surface area (Å²) >= 11 is 6.18. The third kappa shape index (κ3) is 2.48. The van der Waals surface area contributed by atoms with Crippen molar-refractivity contribution in [2.24, 2.45) is 0 Å². The first-order chi connectivity index (χ1) is 9.65. The monoisotopic (exact) mass is 291 g/mol. The first-order valence-electron chi connectivity index (χ1n) is 6.85. The van der Waals surface area contributed by atoms with Gasteiger partial charge >= 0.3 is 0 Å². The van der Waals surface area contributed by atoms with Gasteiger partial charge in [-0.25, -0.2) is 0 Å². The summed E-state index contributed by atoms with van der Waals surface area (Å²) < 4.78 is 7.65. The molecule has 0 bridgehead atoms. The summed E-state index contributed by atoms with van der Waals surface area (Å²) in [4.78, 5) is 2.26. The van der Waals surface area contributed by atoms with Gasteiger partial charge in [-0.15, -0.1) is 0 Å². The van der Waals surface area contributed by atoms with Gasteiger partial charge in [0.2, 0.25) is 0 Å². The van der Waals surface area contributed by atoms with Crippen LogP contribution in [0.15, 0.2) is 30.5 Å². The van der Waals surface area contributed by atoms with Gasteiger partial charge in [0, 0.05) is 12.2 Å². The standard InChI is InChI=1S/C15H18ClN3O/c1-11(2)19-7-6-12(17-19)10-18-8-9-20-15-13(16)4-3-5-14(15)18/h3-7,11H,8-10H2,1-2H3. The van der Waals surface area contributed by atoms with Crippen molar-refractivity contribution in [2.45, 2.75) is 26.4 Å². The van der Waals surface area contributed by atoms with E-state index >= 15 is 0 Å². The van der Waals surface area contributed by atoms with Gasteiger partial charge in [-0.3, -0.25) is 4.68 Å². The number of benzene rings is 1. The highest BCUT2D eigenvalue weighted by Gasteiger charge is 2.21. The SMILES string of the molecule is CC(C)n1ccc(CN2CCOc3c(Cl)cccc32)n1. The fourth-order valence-corrected chi connectivity index (χ4v) is 2.60. The maximum absolute atomic E-state index is 6.18. The van der Waals surface area contributed by atoms with Gasteiger partial charge < -0.3 is 9.64 Å². The molecule has 2 heterocycles. The molecule has 1 aromatic heterocycles. The summed E-state index contributed by atoms with van der Waals surface area (Å²) in [5, 5.41) is 5.27. The van der Waals surface area contributed by atoms with Crippen LogP contribution in [0.4, 0.5) is 5.69 Å². The molecule has 20 heavy (non-hydrogen) atoms. The highest BCUT2D eigenvalue weighted by Crippen LogP contribution is 2.38. The molecule has 0 radical (unpaired) electrons. The second-order valence-electron chi connectivity index (χ2n) is 5.24. The van der Waals surface area contributed by atoms with E-state index in [0.717, 1.165) is 30.2 Å². The van der Waals surface area contributed by atoms with Crippen molar-refractivity contribution < 1.29 is 4.74 Å². The third-order valence-electron chi connectivity index (χ3n) is 3.44. The Morgan fingerprint density at radius 2 is 2.20 bits per heavy atom. The molecular formula is C15H18ClN3O. The summed E-state index contributed by atoms with van der Waals surface area (Å²) in [5.41, 5.74) is 2.11. The molecule has 2 aromatic rings. The summed E-state index contributed by atoms with van der Waals surface area (Å²) in [5.74, 6) is 0.781. The van der Waals surface area contributed by atoms with Crippen molar-refractivity contribution in [1.29, 1.82) is 0 Å². The van der Waals surface area contributed by atoms with Crippen LogP contribution in [0.3, 0.4) is 0 Å². The number of nitrogens with zero attached hydrogens (tertiary/aromatic N) is 3. The van der Waals surface area contributed by atoms with Crippen LogP contribution in [0.2, 0.25) is 5.02 Å². The van der Waals surface area contributed by atoms with E-state index in [9.17, 15) is 0 Å². The van der Waals surface area contributed by atoms with Gasteiger partial charge in [-0.2, -0.15) is 5.10 Å². The lowest BCUT2D eigenvalue weighted by Gasteiger charge is -2.31. The topological polar surface area (TPSA) is 30.3 Å². The predicted molar refractivity (Wildman–Crippen MR) is 80.6 cm³/mol. The summed E-state index contributed by atoms with van der Waals surface area (Å²) in [6.07, 6.45) is 2.03. The smallest absolute Gasteiger partial charge is 0.161 e. The Hall–Kier alpha value is -1.68. The van der Waals surface area contributed by atoms with Crippen LogP contribution in [0.5, 0.6) is 5.75 Å². The summed E-state index contributed by atoms with van der Waals surface area (Å²) in [7, 11) is 0. The first kappa shape index (κ1) is 13.3. The van der Waals surface area contributed by atoms with Crippen molar-refractivity contribution in [3.8, 4) is 5.75 Å². The molecule has 0 saturated carbocycles. The summed E-state index contributed by atoms with van der Waals surface area (Å²) in [6.45, 7) is 6.53. The Labute approximate surface area is 123 Å². The molecule has 0 aliphatic carbocycles. The fourth-order valence-electron chi connectivity index (χ4n) is 2.38. The van der Waals surface area contributed by atoms with E-state index in [-0.39, 0.29) is 0 Å². The highest BCUT2D eigenvalue weighted by atomic mass is 35.5. The lowest BCUT2D eigenvalue weighted by Crippen LogP contribution is -2.32. The number of anilines is 1. The Balaban J connectivity index is 1.84. The number of ether oxygens (including phenoxy) is 1. The molecule has 0 spiro atoms. The number of hydrogen-bond acceptors (Lipinski definition) is 3. The Bertz CT molecular complexity index is 609.